The maximum Gasteiger partial charge on any atom is 0.230 e. The number of aromatic nitrogens is 2. The van der Waals surface area contributed by atoms with Crippen LogP contribution in [0, 0.1) is 11.6 Å². The van der Waals surface area contributed by atoms with E-state index < -0.39 is 17.5 Å². The molecule has 0 saturated heterocycles. The number of aromatic amines is 1. The van der Waals surface area contributed by atoms with Crippen LogP contribution in [0.4, 0.5) is 14.6 Å². The number of carbonyl (C=O) groups is 1. The van der Waals surface area contributed by atoms with Crippen molar-refractivity contribution in [2.45, 2.75) is 6.42 Å². The van der Waals surface area contributed by atoms with E-state index >= 15 is 0 Å². The molecule has 2 N–H and O–H groups in total. The van der Waals surface area contributed by atoms with Gasteiger partial charge in [0.1, 0.15) is 0 Å². The van der Waals surface area contributed by atoms with Gasteiger partial charge in [-0.05, 0) is 18.2 Å². The van der Waals surface area contributed by atoms with Gasteiger partial charge < -0.3 is 5.32 Å². The number of H-pyrrole nitrogens is 1. The van der Waals surface area contributed by atoms with E-state index in [9.17, 15) is 13.6 Å². The van der Waals surface area contributed by atoms with Crippen LogP contribution in [-0.2, 0) is 11.2 Å². The lowest BCUT2D eigenvalue weighted by Gasteiger charge is -2.04. The Hall–Kier alpha value is -2.76. The Morgan fingerprint density at radius 1 is 1.14 bits per heavy atom. The number of hydrogen-bond acceptors (Lipinski definition) is 2. The highest BCUT2D eigenvalue weighted by molar-refractivity contribution is 6.00. The zero-order chi connectivity index (χ0) is 14.8. The number of carbonyl (C=O) groups excluding carboxylic acids is 1. The number of rotatable bonds is 3. The van der Waals surface area contributed by atoms with Crippen molar-refractivity contribution in [2.24, 2.45) is 0 Å². The van der Waals surface area contributed by atoms with Crippen LogP contribution in [0.15, 0.2) is 42.5 Å². The highest BCUT2D eigenvalue weighted by Gasteiger charge is 2.13. The second-order valence-electron chi connectivity index (χ2n) is 4.56. The van der Waals surface area contributed by atoms with Gasteiger partial charge in [0.2, 0.25) is 5.91 Å². The summed E-state index contributed by atoms with van der Waals surface area (Å²) in [6.45, 7) is 0. The molecule has 1 amide bonds. The molecule has 0 fully saturated rings. The first kappa shape index (κ1) is 13.2. The molecule has 1 aromatic heterocycles. The van der Waals surface area contributed by atoms with Gasteiger partial charge in [-0.3, -0.25) is 9.89 Å². The average Bonchev–Trinajstić information content (AvgIpc) is 2.87. The van der Waals surface area contributed by atoms with Crippen molar-refractivity contribution in [3.63, 3.8) is 0 Å². The second-order valence-corrected chi connectivity index (χ2v) is 4.56. The van der Waals surface area contributed by atoms with E-state index in [1.807, 2.05) is 18.2 Å². The molecule has 3 rings (SSSR count). The molecule has 0 bridgehead atoms. The van der Waals surface area contributed by atoms with E-state index in [1.54, 1.807) is 6.07 Å². The summed E-state index contributed by atoms with van der Waals surface area (Å²) in [5.41, 5.74) is 0.789. The van der Waals surface area contributed by atoms with Crippen LogP contribution in [0.25, 0.3) is 10.9 Å². The van der Waals surface area contributed by atoms with Crippen molar-refractivity contribution in [2.75, 3.05) is 5.32 Å². The van der Waals surface area contributed by atoms with Crippen molar-refractivity contribution in [1.29, 1.82) is 0 Å². The van der Waals surface area contributed by atoms with Gasteiger partial charge in [0, 0.05) is 10.9 Å². The summed E-state index contributed by atoms with van der Waals surface area (Å²) in [7, 11) is 0. The van der Waals surface area contributed by atoms with Crippen molar-refractivity contribution in [3.8, 4) is 0 Å². The van der Waals surface area contributed by atoms with Crippen LogP contribution in [0.3, 0.4) is 0 Å². The highest BCUT2D eigenvalue weighted by Crippen LogP contribution is 2.20. The van der Waals surface area contributed by atoms with E-state index in [0.717, 1.165) is 17.0 Å². The summed E-state index contributed by atoms with van der Waals surface area (Å²) in [4.78, 5) is 11.9. The molecule has 6 heteroatoms. The minimum atomic E-state index is -1.00. The van der Waals surface area contributed by atoms with Gasteiger partial charge in [-0.1, -0.05) is 24.3 Å². The molecule has 0 unspecified atom stereocenters. The Labute approximate surface area is 118 Å². The normalized spacial score (nSPS) is 10.8. The predicted octanol–water partition coefficient (Wildman–Crippen LogP) is 3.02. The number of halogens is 2. The quantitative estimate of drug-likeness (QED) is 0.778. The summed E-state index contributed by atoms with van der Waals surface area (Å²) >= 11 is 0. The molecule has 1 heterocycles. The molecule has 0 atom stereocenters. The summed E-state index contributed by atoms with van der Waals surface area (Å²) in [5.74, 6) is -2.06. The van der Waals surface area contributed by atoms with E-state index in [2.05, 4.69) is 15.5 Å². The number of nitrogens with zero attached hydrogens (tertiary/aromatic N) is 1. The van der Waals surface area contributed by atoms with Crippen molar-refractivity contribution < 1.29 is 13.6 Å². The van der Waals surface area contributed by atoms with E-state index in [-0.39, 0.29) is 12.0 Å². The molecule has 0 aliphatic heterocycles. The first-order chi connectivity index (χ1) is 10.1. The minimum Gasteiger partial charge on any atom is -0.308 e. The molecule has 21 heavy (non-hydrogen) atoms. The number of hydrogen-bond donors (Lipinski definition) is 2. The first-order valence-corrected chi connectivity index (χ1v) is 6.31. The van der Waals surface area contributed by atoms with Crippen LogP contribution in [0.5, 0.6) is 0 Å². The van der Waals surface area contributed by atoms with Crippen LogP contribution in [0.2, 0.25) is 0 Å². The fraction of sp³-hybridized carbons (Fsp3) is 0.0667. The molecule has 0 spiro atoms. The Morgan fingerprint density at radius 2 is 1.95 bits per heavy atom. The van der Waals surface area contributed by atoms with Crippen molar-refractivity contribution in [3.05, 3.63) is 59.7 Å². The number of fused-ring (bicyclic) bond motifs is 1. The number of nitrogens with one attached hydrogen (secondary N) is 2. The second kappa shape index (κ2) is 5.32. The van der Waals surface area contributed by atoms with Crippen LogP contribution in [0.1, 0.15) is 5.56 Å². The Bertz CT molecular complexity index is 814. The predicted molar refractivity (Wildman–Crippen MR) is 74.8 cm³/mol. The maximum absolute atomic E-state index is 13.5. The van der Waals surface area contributed by atoms with Gasteiger partial charge >= 0.3 is 0 Å². The molecule has 0 aliphatic rings. The third-order valence-electron chi connectivity index (χ3n) is 3.11. The van der Waals surface area contributed by atoms with Gasteiger partial charge in [-0.25, -0.2) is 8.78 Å². The maximum atomic E-state index is 13.5. The lowest BCUT2D eigenvalue weighted by molar-refractivity contribution is -0.115. The zero-order valence-corrected chi connectivity index (χ0v) is 10.9. The van der Waals surface area contributed by atoms with Gasteiger partial charge in [0.25, 0.3) is 0 Å². The van der Waals surface area contributed by atoms with Gasteiger partial charge in [-0.15, -0.1) is 0 Å². The summed E-state index contributed by atoms with van der Waals surface area (Å²) in [6.07, 6.45) is -0.259. The molecule has 3 aromatic rings. The lowest BCUT2D eigenvalue weighted by atomic mass is 10.1. The third-order valence-corrected chi connectivity index (χ3v) is 3.11. The highest BCUT2D eigenvalue weighted by atomic mass is 19.2. The molecule has 0 saturated carbocycles. The third kappa shape index (κ3) is 2.60. The average molecular weight is 287 g/mol. The number of amides is 1. The van der Waals surface area contributed by atoms with Gasteiger partial charge in [0.15, 0.2) is 17.5 Å². The molecule has 106 valence electrons. The Balaban J connectivity index is 1.79. The summed E-state index contributed by atoms with van der Waals surface area (Å²) < 4.78 is 26.6. The Kier molecular flexibility index (Phi) is 3.35. The molecule has 0 aliphatic carbocycles. The van der Waals surface area contributed by atoms with Crippen LogP contribution < -0.4 is 5.32 Å². The summed E-state index contributed by atoms with van der Waals surface area (Å²) in [6, 6.07) is 11.0. The fourth-order valence-electron chi connectivity index (χ4n) is 2.09. The van der Waals surface area contributed by atoms with Gasteiger partial charge in [-0.2, -0.15) is 5.10 Å². The molecule has 2 aromatic carbocycles. The van der Waals surface area contributed by atoms with Crippen LogP contribution in [-0.4, -0.2) is 16.1 Å². The number of para-hydroxylation sites is 1. The van der Waals surface area contributed by atoms with Crippen LogP contribution >= 0.6 is 0 Å². The largest absolute Gasteiger partial charge is 0.308 e. The summed E-state index contributed by atoms with van der Waals surface area (Å²) in [5, 5.41) is 10.1. The fourth-order valence-corrected chi connectivity index (χ4v) is 2.09. The topological polar surface area (TPSA) is 57.8 Å². The zero-order valence-electron chi connectivity index (χ0n) is 10.9. The van der Waals surface area contributed by atoms with Crippen molar-refractivity contribution in [1.82, 2.24) is 10.2 Å². The SMILES string of the molecule is O=C(Cc1cccc(F)c1F)Nc1n[nH]c2ccccc12. The lowest BCUT2D eigenvalue weighted by Crippen LogP contribution is -2.16. The molecule has 4 nitrogen and oxygen atoms in total. The monoisotopic (exact) mass is 287 g/mol. The first-order valence-electron chi connectivity index (χ1n) is 6.31. The van der Waals surface area contributed by atoms with Crippen molar-refractivity contribution >= 4 is 22.6 Å². The minimum absolute atomic E-state index is 0.00680. The van der Waals surface area contributed by atoms with E-state index in [0.29, 0.717) is 5.82 Å². The molecular weight excluding hydrogens is 276 g/mol. The van der Waals surface area contributed by atoms with E-state index in [4.69, 9.17) is 0 Å². The number of anilines is 1. The number of benzene rings is 2. The smallest absolute Gasteiger partial charge is 0.230 e. The molecule has 0 radical (unpaired) electrons. The van der Waals surface area contributed by atoms with Gasteiger partial charge in [0.05, 0.1) is 11.9 Å². The Morgan fingerprint density at radius 3 is 2.81 bits per heavy atom. The molecular formula is C15H11F2N3O. The standard InChI is InChI=1S/C15H11F2N3O/c16-11-6-3-4-9(14(11)17)8-13(21)18-15-10-5-1-2-7-12(10)19-20-15/h1-7H,8H2,(H2,18,19,20,21). The van der Waals surface area contributed by atoms with E-state index in [1.165, 1.54) is 12.1 Å².